The van der Waals surface area contributed by atoms with Gasteiger partial charge >= 0.3 is 0 Å². The molecule has 16 heavy (non-hydrogen) atoms. The summed E-state index contributed by atoms with van der Waals surface area (Å²) in [6.07, 6.45) is 3.20. The highest BCUT2D eigenvalue weighted by molar-refractivity contribution is 5.82. The molecule has 0 aromatic rings. The molecule has 2 saturated heterocycles. The number of rotatable bonds is 2. The molecule has 0 spiro atoms. The van der Waals surface area contributed by atoms with Gasteiger partial charge in [0.25, 0.3) is 0 Å². The lowest BCUT2D eigenvalue weighted by Crippen LogP contribution is -2.52. The van der Waals surface area contributed by atoms with Gasteiger partial charge < -0.3 is 15.5 Å². The molecule has 4 heteroatoms. The molecule has 2 N–H and O–H groups in total. The Bertz CT molecular complexity index is 251. The van der Waals surface area contributed by atoms with E-state index in [0.29, 0.717) is 12.0 Å². The van der Waals surface area contributed by atoms with Gasteiger partial charge in [0.2, 0.25) is 5.91 Å². The maximum atomic E-state index is 12.0. The van der Waals surface area contributed by atoms with E-state index in [1.165, 1.54) is 0 Å². The van der Waals surface area contributed by atoms with Crippen LogP contribution in [0.3, 0.4) is 0 Å². The van der Waals surface area contributed by atoms with Crippen molar-refractivity contribution in [3.05, 3.63) is 0 Å². The van der Waals surface area contributed by atoms with Crippen molar-refractivity contribution in [3.63, 3.8) is 0 Å². The molecule has 0 saturated carbocycles. The summed E-state index contributed by atoms with van der Waals surface area (Å²) in [5, 5.41) is 6.45. The van der Waals surface area contributed by atoms with Gasteiger partial charge in [0, 0.05) is 12.6 Å². The average Bonchev–Trinajstić information content (AvgIpc) is 2.75. The van der Waals surface area contributed by atoms with Crippen LogP contribution < -0.4 is 10.6 Å². The highest BCUT2D eigenvalue weighted by Crippen LogP contribution is 2.16. The van der Waals surface area contributed by atoms with E-state index in [1.54, 1.807) is 0 Å². The maximum Gasteiger partial charge on any atom is 0.237 e. The van der Waals surface area contributed by atoms with Gasteiger partial charge in [-0.25, -0.2) is 0 Å². The van der Waals surface area contributed by atoms with Crippen LogP contribution >= 0.6 is 0 Å². The first-order valence-electron chi connectivity index (χ1n) is 6.39. The third kappa shape index (κ3) is 2.74. The summed E-state index contributed by atoms with van der Waals surface area (Å²) in [4.78, 5) is 14.3. The van der Waals surface area contributed by atoms with Gasteiger partial charge in [0.15, 0.2) is 0 Å². The molecule has 0 bridgehead atoms. The molecule has 2 aliphatic heterocycles. The fourth-order valence-corrected chi connectivity index (χ4v) is 2.76. The summed E-state index contributed by atoms with van der Waals surface area (Å²) >= 11 is 0. The molecule has 2 heterocycles. The Morgan fingerprint density at radius 2 is 2.25 bits per heavy atom. The molecule has 0 aromatic heterocycles. The fourth-order valence-electron chi connectivity index (χ4n) is 2.76. The number of carbonyl (C=O) groups excluding carboxylic acids is 1. The molecule has 2 rings (SSSR count). The number of carbonyl (C=O) groups is 1. The number of hydrogen-bond acceptors (Lipinski definition) is 3. The minimum absolute atomic E-state index is 0.0619. The van der Waals surface area contributed by atoms with Crippen LogP contribution in [0.2, 0.25) is 0 Å². The van der Waals surface area contributed by atoms with Gasteiger partial charge in [-0.05, 0) is 45.3 Å². The Kier molecular flexibility index (Phi) is 3.82. The lowest BCUT2D eigenvalue weighted by atomic mass is 9.94. The predicted octanol–water partition coefficient (Wildman–Crippen LogP) is 0.195. The third-order valence-corrected chi connectivity index (χ3v) is 3.81. The summed E-state index contributed by atoms with van der Waals surface area (Å²) < 4.78 is 0. The molecule has 1 amide bonds. The normalized spacial score (nSPS) is 36.2. The zero-order chi connectivity index (χ0) is 11.5. The number of nitrogens with one attached hydrogen (secondary N) is 2. The third-order valence-electron chi connectivity index (χ3n) is 3.81. The van der Waals surface area contributed by atoms with Crippen LogP contribution in [0.25, 0.3) is 0 Å². The minimum atomic E-state index is 0.0619. The molecule has 0 aromatic carbocycles. The van der Waals surface area contributed by atoms with Crippen LogP contribution in [0.15, 0.2) is 0 Å². The number of piperidine rings is 1. The summed E-state index contributed by atoms with van der Waals surface area (Å²) in [6, 6.07) is 0.429. The molecule has 0 radical (unpaired) electrons. The number of likely N-dealkylation sites (tertiary alicyclic amines) is 1. The Morgan fingerprint density at radius 1 is 1.44 bits per heavy atom. The quantitative estimate of drug-likeness (QED) is 0.705. The number of nitrogens with zero attached hydrogens (tertiary/aromatic N) is 1. The smallest absolute Gasteiger partial charge is 0.237 e. The van der Waals surface area contributed by atoms with Crippen LogP contribution in [0.4, 0.5) is 0 Å². The summed E-state index contributed by atoms with van der Waals surface area (Å²) in [7, 11) is 2.15. The summed E-state index contributed by atoms with van der Waals surface area (Å²) in [6.45, 7) is 5.39. The van der Waals surface area contributed by atoms with E-state index >= 15 is 0 Å². The van der Waals surface area contributed by atoms with E-state index in [0.717, 1.165) is 38.9 Å². The van der Waals surface area contributed by atoms with Crippen molar-refractivity contribution in [1.29, 1.82) is 0 Å². The highest BCUT2D eigenvalue weighted by atomic mass is 16.2. The monoisotopic (exact) mass is 225 g/mol. The van der Waals surface area contributed by atoms with Crippen LogP contribution in [-0.2, 0) is 4.79 Å². The Balaban J connectivity index is 1.82. The SMILES string of the molecule is CC1CN(C)CCC1NC(=O)[C@@H]1CCCN1. The van der Waals surface area contributed by atoms with Gasteiger partial charge in [0.1, 0.15) is 0 Å². The van der Waals surface area contributed by atoms with E-state index in [2.05, 4.69) is 29.5 Å². The highest BCUT2D eigenvalue weighted by Gasteiger charge is 2.29. The van der Waals surface area contributed by atoms with Crippen molar-refractivity contribution in [3.8, 4) is 0 Å². The zero-order valence-corrected chi connectivity index (χ0v) is 10.3. The van der Waals surface area contributed by atoms with E-state index < -0.39 is 0 Å². The summed E-state index contributed by atoms with van der Waals surface area (Å²) in [5.74, 6) is 0.767. The molecule has 3 atom stereocenters. The Labute approximate surface area is 97.8 Å². The summed E-state index contributed by atoms with van der Waals surface area (Å²) in [5.41, 5.74) is 0. The fraction of sp³-hybridized carbons (Fsp3) is 0.917. The second-order valence-electron chi connectivity index (χ2n) is 5.29. The largest absolute Gasteiger partial charge is 0.352 e. The Morgan fingerprint density at radius 3 is 2.88 bits per heavy atom. The standard InChI is InChI=1S/C12H23N3O/c1-9-8-15(2)7-5-10(9)14-12(16)11-4-3-6-13-11/h9-11,13H,3-8H2,1-2H3,(H,14,16)/t9?,10?,11-/m0/s1. The molecule has 0 aliphatic carbocycles. The maximum absolute atomic E-state index is 12.0. The van der Waals surface area contributed by atoms with Crippen LogP contribution in [-0.4, -0.2) is 49.6 Å². The van der Waals surface area contributed by atoms with Crippen molar-refractivity contribution in [2.45, 2.75) is 38.3 Å². The van der Waals surface area contributed by atoms with Crippen LogP contribution in [0.5, 0.6) is 0 Å². The lowest BCUT2D eigenvalue weighted by molar-refractivity contribution is -0.124. The molecule has 2 aliphatic rings. The predicted molar refractivity (Wildman–Crippen MR) is 64.2 cm³/mol. The number of hydrogen-bond donors (Lipinski definition) is 2. The second kappa shape index (κ2) is 5.15. The second-order valence-corrected chi connectivity index (χ2v) is 5.29. The minimum Gasteiger partial charge on any atom is -0.352 e. The van der Waals surface area contributed by atoms with E-state index in [9.17, 15) is 4.79 Å². The lowest BCUT2D eigenvalue weighted by Gasteiger charge is -2.35. The zero-order valence-electron chi connectivity index (χ0n) is 10.3. The average molecular weight is 225 g/mol. The van der Waals surface area contributed by atoms with Gasteiger partial charge in [-0.3, -0.25) is 4.79 Å². The molecule has 4 nitrogen and oxygen atoms in total. The Hall–Kier alpha value is -0.610. The molecule has 2 unspecified atom stereocenters. The van der Waals surface area contributed by atoms with E-state index in [1.807, 2.05) is 0 Å². The van der Waals surface area contributed by atoms with E-state index in [4.69, 9.17) is 0 Å². The first-order chi connectivity index (χ1) is 7.66. The van der Waals surface area contributed by atoms with Crippen LogP contribution in [0.1, 0.15) is 26.2 Å². The topological polar surface area (TPSA) is 44.4 Å². The van der Waals surface area contributed by atoms with Gasteiger partial charge in [0.05, 0.1) is 6.04 Å². The van der Waals surface area contributed by atoms with Gasteiger partial charge in [-0.2, -0.15) is 0 Å². The van der Waals surface area contributed by atoms with Crippen molar-refractivity contribution in [1.82, 2.24) is 15.5 Å². The molecule has 92 valence electrons. The molecular weight excluding hydrogens is 202 g/mol. The van der Waals surface area contributed by atoms with E-state index in [-0.39, 0.29) is 11.9 Å². The van der Waals surface area contributed by atoms with Crippen LogP contribution in [0, 0.1) is 5.92 Å². The van der Waals surface area contributed by atoms with Gasteiger partial charge in [-0.15, -0.1) is 0 Å². The van der Waals surface area contributed by atoms with Crippen molar-refractivity contribution >= 4 is 5.91 Å². The van der Waals surface area contributed by atoms with Gasteiger partial charge in [-0.1, -0.05) is 6.92 Å². The van der Waals surface area contributed by atoms with Crippen molar-refractivity contribution < 1.29 is 4.79 Å². The molecular formula is C12H23N3O. The molecule has 2 fully saturated rings. The van der Waals surface area contributed by atoms with Crippen molar-refractivity contribution in [2.75, 3.05) is 26.7 Å². The van der Waals surface area contributed by atoms with Crippen molar-refractivity contribution in [2.24, 2.45) is 5.92 Å². The first-order valence-corrected chi connectivity index (χ1v) is 6.39. The number of amides is 1. The first kappa shape index (κ1) is 11.9.